The number of likely N-dealkylation sites (tertiary alicyclic amines) is 1. The molecule has 2 fully saturated rings. The summed E-state index contributed by atoms with van der Waals surface area (Å²) < 4.78 is 49.0. The molecule has 0 atom stereocenters. The first-order valence-corrected chi connectivity index (χ1v) is 16.2. The number of methoxy groups -OCH3 is 1. The van der Waals surface area contributed by atoms with Gasteiger partial charge in [-0.1, -0.05) is 18.6 Å². The number of halogens is 1. The van der Waals surface area contributed by atoms with Gasteiger partial charge in [0.2, 0.25) is 16.0 Å². The topological polar surface area (TPSA) is 123 Å². The molecule has 230 valence electrons. The summed E-state index contributed by atoms with van der Waals surface area (Å²) in [7, 11) is -2.80. The first-order valence-electron chi connectivity index (χ1n) is 14.7. The number of hydrogen-bond acceptors (Lipinski definition) is 7. The van der Waals surface area contributed by atoms with Crippen molar-refractivity contribution in [3.05, 3.63) is 66.0 Å². The highest BCUT2D eigenvalue weighted by molar-refractivity contribution is 7.89. The Balaban J connectivity index is 1.47. The summed E-state index contributed by atoms with van der Waals surface area (Å²) >= 11 is 0. The molecule has 1 saturated heterocycles. The number of hydrogen-bond donors (Lipinski definition) is 2. The molecule has 2 N–H and O–H groups in total. The third-order valence-electron chi connectivity index (χ3n) is 8.33. The second-order valence-electron chi connectivity index (χ2n) is 11.2. The number of aromatic nitrogens is 2. The fourth-order valence-corrected chi connectivity index (χ4v) is 7.18. The Morgan fingerprint density at radius 1 is 1.09 bits per heavy atom. The third-order valence-corrected chi connectivity index (χ3v) is 9.77. The highest BCUT2D eigenvalue weighted by Crippen LogP contribution is 2.37. The molecule has 0 bridgehead atoms. The van der Waals surface area contributed by atoms with E-state index >= 15 is 0 Å². The van der Waals surface area contributed by atoms with Crippen LogP contribution in [-0.2, 0) is 26.1 Å². The van der Waals surface area contributed by atoms with E-state index in [2.05, 4.69) is 33.7 Å². The molecule has 0 spiro atoms. The van der Waals surface area contributed by atoms with Crippen LogP contribution in [0, 0.1) is 11.7 Å². The number of carbonyl (C=O) groups is 2. The molecule has 43 heavy (non-hydrogen) atoms. The van der Waals surface area contributed by atoms with Crippen LogP contribution in [0.4, 0.5) is 10.3 Å². The number of carbonyl (C=O) groups excluding carboxylic acids is 2. The molecule has 1 amide bonds. The van der Waals surface area contributed by atoms with Gasteiger partial charge in [-0.15, -0.1) is 6.58 Å². The molecule has 12 heteroatoms. The molecule has 10 nitrogen and oxygen atoms in total. The molecule has 5 rings (SSSR count). The lowest BCUT2D eigenvalue weighted by molar-refractivity contribution is -0.146. The van der Waals surface area contributed by atoms with Crippen LogP contribution in [0.2, 0.25) is 0 Å². The number of sulfonamides is 1. The van der Waals surface area contributed by atoms with Gasteiger partial charge in [0.25, 0.3) is 5.91 Å². The van der Waals surface area contributed by atoms with E-state index in [0.29, 0.717) is 37.1 Å². The van der Waals surface area contributed by atoms with E-state index in [0.717, 1.165) is 42.8 Å². The van der Waals surface area contributed by atoms with Crippen LogP contribution >= 0.6 is 0 Å². The van der Waals surface area contributed by atoms with Gasteiger partial charge in [0, 0.05) is 24.7 Å². The number of rotatable bonds is 10. The predicted octanol–water partition coefficient (Wildman–Crippen LogP) is 4.78. The van der Waals surface area contributed by atoms with Crippen molar-refractivity contribution in [1.29, 1.82) is 0 Å². The number of imidazole rings is 1. The number of nitrogens with zero attached hydrogens (tertiary/aromatic N) is 3. The third kappa shape index (κ3) is 6.97. The first-order chi connectivity index (χ1) is 20.7. The summed E-state index contributed by atoms with van der Waals surface area (Å²) in [5.74, 6) is -1.65. The number of piperidine rings is 1. The average molecular weight is 612 g/mol. The van der Waals surface area contributed by atoms with Crippen LogP contribution in [0.25, 0.3) is 11.0 Å². The zero-order chi connectivity index (χ0) is 30.6. The van der Waals surface area contributed by atoms with E-state index in [1.54, 1.807) is 0 Å². The second kappa shape index (κ2) is 13.4. The molecule has 1 aromatic heterocycles. The van der Waals surface area contributed by atoms with Gasteiger partial charge in [-0.2, -0.15) is 0 Å². The number of anilines is 1. The highest BCUT2D eigenvalue weighted by atomic mass is 32.2. The summed E-state index contributed by atoms with van der Waals surface area (Å²) in [4.78, 5) is 32.2. The van der Waals surface area contributed by atoms with Crippen molar-refractivity contribution in [3.63, 3.8) is 0 Å². The minimum atomic E-state index is -4.20. The quantitative estimate of drug-likeness (QED) is 0.250. The minimum Gasteiger partial charge on any atom is -0.469 e. The van der Waals surface area contributed by atoms with Gasteiger partial charge >= 0.3 is 5.97 Å². The van der Waals surface area contributed by atoms with Crippen molar-refractivity contribution >= 4 is 38.9 Å². The fourth-order valence-electron chi connectivity index (χ4n) is 6.08. The zero-order valence-electron chi connectivity index (χ0n) is 24.4. The molecule has 0 radical (unpaired) electrons. The summed E-state index contributed by atoms with van der Waals surface area (Å²) in [6.45, 7) is 6.34. The largest absolute Gasteiger partial charge is 0.469 e. The Kier molecular flexibility index (Phi) is 9.58. The number of nitrogens with one attached hydrogen (secondary N) is 2. The summed E-state index contributed by atoms with van der Waals surface area (Å²) in [5.41, 5.74) is 2.71. The van der Waals surface area contributed by atoms with Crippen molar-refractivity contribution in [2.75, 3.05) is 32.1 Å². The smallest absolute Gasteiger partial charge is 0.308 e. The van der Waals surface area contributed by atoms with E-state index in [1.165, 1.54) is 38.5 Å². The van der Waals surface area contributed by atoms with Crippen molar-refractivity contribution in [2.45, 2.75) is 62.4 Å². The number of fused-ring (bicyclic) bond motifs is 1. The molecule has 2 heterocycles. The van der Waals surface area contributed by atoms with Crippen LogP contribution in [-0.4, -0.2) is 61.5 Å². The molecule has 1 aliphatic carbocycles. The van der Waals surface area contributed by atoms with E-state index in [1.807, 2.05) is 10.6 Å². The second-order valence-corrected chi connectivity index (χ2v) is 13.0. The Labute approximate surface area is 251 Å². The number of ether oxygens (including phenoxy) is 1. The summed E-state index contributed by atoms with van der Waals surface area (Å²) in [6, 6.07) is 9.31. The molecule has 1 aliphatic heterocycles. The number of esters is 1. The molecule has 2 aliphatic rings. The number of benzene rings is 2. The molecule has 0 unspecified atom stereocenters. The lowest BCUT2D eigenvalue weighted by Gasteiger charge is -2.29. The van der Waals surface area contributed by atoms with Gasteiger partial charge in [0.05, 0.1) is 24.1 Å². The minimum absolute atomic E-state index is 0.0285. The zero-order valence-corrected chi connectivity index (χ0v) is 25.2. The van der Waals surface area contributed by atoms with E-state index in [9.17, 15) is 22.4 Å². The SMILES string of the molecule is C=CCNS(=O)(=O)c1cc(C(=O)Nc2nc3ccc(CN4CCCCC4)cc3n2[C@H]2CC[C@@H](C(=O)OC)CC2)ccc1F. The average Bonchev–Trinajstić information content (AvgIpc) is 3.37. The molecular formula is C31H38FN5O5S. The predicted molar refractivity (Wildman–Crippen MR) is 162 cm³/mol. The number of amides is 1. The maximum absolute atomic E-state index is 14.5. The van der Waals surface area contributed by atoms with Gasteiger partial charge in [0.1, 0.15) is 10.7 Å². The molecular weight excluding hydrogens is 573 g/mol. The standard InChI is InChI=1S/C31H38FN5O5S/c1-3-15-33-43(40,41)28-19-23(10-13-25(28)32)29(38)35-31-34-26-14-7-21(20-36-16-5-4-6-17-36)18-27(26)37(31)24-11-8-22(9-12-24)30(39)42-2/h3,7,10,13-14,18-19,22,24,33H,1,4-6,8-9,11-12,15-17,20H2,2H3,(H,34,35,38)/t22-,24+. The maximum Gasteiger partial charge on any atom is 0.308 e. The van der Waals surface area contributed by atoms with Crippen LogP contribution in [0.1, 0.15) is 66.9 Å². The summed E-state index contributed by atoms with van der Waals surface area (Å²) in [6.07, 6.45) is 7.66. The first kappa shape index (κ1) is 30.8. The van der Waals surface area contributed by atoms with Gasteiger partial charge in [0.15, 0.2) is 0 Å². The Bertz CT molecular complexity index is 1610. The van der Waals surface area contributed by atoms with Gasteiger partial charge in [-0.25, -0.2) is 22.5 Å². The Morgan fingerprint density at radius 3 is 2.53 bits per heavy atom. The van der Waals surface area contributed by atoms with Gasteiger partial charge in [-0.3, -0.25) is 19.8 Å². The van der Waals surface area contributed by atoms with E-state index < -0.39 is 26.6 Å². The van der Waals surface area contributed by atoms with Crippen LogP contribution in [0.15, 0.2) is 53.9 Å². The normalized spacial score (nSPS) is 19.7. The Morgan fingerprint density at radius 2 is 1.84 bits per heavy atom. The van der Waals surface area contributed by atoms with Crippen molar-refractivity contribution in [1.82, 2.24) is 19.2 Å². The summed E-state index contributed by atoms with van der Waals surface area (Å²) in [5, 5.41) is 2.86. The van der Waals surface area contributed by atoms with E-state index in [-0.39, 0.29) is 30.0 Å². The Hall–Kier alpha value is -3.61. The maximum atomic E-state index is 14.5. The van der Waals surface area contributed by atoms with Gasteiger partial charge < -0.3 is 9.30 Å². The van der Waals surface area contributed by atoms with E-state index in [4.69, 9.17) is 9.72 Å². The van der Waals surface area contributed by atoms with Crippen molar-refractivity contribution < 1.29 is 27.1 Å². The van der Waals surface area contributed by atoms with Gasteiger partial charge in [-0.05, 0) is 87.5 Å². The molecule has 1 saturated carbocycles. The highest BCUT2D eigenvalue weighted by Gasteiger charge is 2.31. The molecule has 2 aromatic carbocycles. The monoisotopic (exact) mass is 611 g/mol. The van der Waals surface area contributed by atoms with Crippen molar-refractivity contribution in [3.8, 4) is 0 Å². The van der Waals surface area contributed by atoms with Crippen LogP contribution in [0.5, 0.6) is 0 Å². The lowest BCUT2D eigenvalue weighted by atomic mass is 9.86. The van der Waals surface area contributed by atoms with Crippen molar-refractivity contribution in [2.24, 2.45) is 5.92 Å². The fraction of sp³-hybridized carbons (Fsp3) is 0.452. The van der Waals surface area contributed by atoms with Crippen LogP contribution in [0.3, 0.4) is 0 Å². The lowest BCUT2D eigenvalue weighted by Crippen LogP contribution is -2.29. The molecule has 3 aromatic rings. The van der Waals surface area contributed by atoms with Crippen LogP contribution < -0.4 is 10.0 Å².